The molecule has 0 aliphatic rings. The Balaban J connectivity index is 0.000000211. The van der Waals surface area contributed by atoms with Crippen molar-refractivity contribution in [2.24, 2.45) is 0 Å². The van der Waals surface area contributed by atoms with Crippen molar-refractivity contribution in [1.29, 1.82) is 0 Å². The molecule has 0 aliphatic carbocycles. The Morgan fingerprint density at radius 3 is 1.90 bits per heavy atom. The van der Waals surface area contributed by atoms with Crippen molar-refractivity contribution in [3.05, 3.63) is 77.9 Å². The molecule has 0 spiro atoms. The lowest BCUT2D eigenvalue weighted by Crippen LogP contribution is -1.89. The molecule has 1 atom stereocenters. The zero-order valence-corrected chi connectivity index (χ0v) is 18.5. The fraction of sp³-hybridized carbons (Fsp3) is 0.385. The fourth-order valence-corrected chi connectivity index (χ4v) is 3.91. The molecule has 2 nitrogen and oxygen atoms in total. The summed E-state index contributed by atoms with van der Waals surface area (Å²) in [5.41, 5.74) is 3.01. The van der Waals surface area contributed by atoms with Crippen molar-refractivity contribution in [2.75, 3.05) is 0 Å². The minimum atomic E-state index is -2.15. The highest BCUT2D eigenvalue weighted by atomic mass is 32.2. The molecule has 0 radical (unpaired) electrons. The van der Waals surface area contributed by atoms with Gasteiger partial charge in [-0.05, 0) is 64.7 Å². The second kappa shape index (κ2) is 13.3. The molecule has 0 heterocycles. The number of rotatable bonds is 9. The van der Waals surface area contributed by atoms with Crippen LogP contribution in [0.1, 0.15) is 63.5 Å². The van der Waals surface area contributed by atoms with Gasteiger partial charge in [-0.1, -0.05) is 100 Å². The lowest BCUT2D eigenvalue weighted by molar-refractivity contribution is 0.538. The number of aryl methyl sites for hydroxylation is 2. The summed E-state index contributed by atoms with van der Waals surface area (Å²) in [5, 5.41) is 1.72. The summed E-state index contributed by atoms with van der Waals surface area (Å²) in [6, 6.07) is 21.9. The average Bonchev–Trinajstić information content (AvgIpc) is 2.76. The van der Waals surface area contributed by atoms with E-state index < -0.39 is 11.1 Å². The van der Waals surface area contributed by atoms with Crippen molar-refractivity contribution in [3.8, 4) is 0 Å². The third kappa shape index (κ3) is 8.12. The number of fused-ring (bicyclic) bond motifs is 1. The van der Waals surface area contributed by atoms with Gasteiger partial charge >= 0.3 is 0 Å². The van der Waals surface area contributed by atoms with Gasteiger partial charge in [0.15, 0.2) is 0 Å². The molecule has 3 rings (SSSR count). The smallest absolute Gasteiger partial charge is 0.0327 e. The Kier molecular flexibility index (Phi) is 10.7. The van der Waals surface area contributed by atoms with E-state index in [0.717, 1.165) is 10.8 Å². The van der Waals surface area contributed by atoms with Gasteiger partial charge in [-0.2, -0.15) is 0 Å². The SMILES string of the molecule is CCCCCCc1ccc(CCCC)cc1.O=S([O-])c1cccc2ccccc12. The topological polar surface area (TPSA) is 40.1 Å². The van der Waals surface area contributed by atoms with Gasteiger partial charge < -0.3 is 4.55 Å². The molecule has 0 aliphatic heterocycles. The number of hydrogen-bond donors (Lipinski definition) is 0. The Labute approximate surface area is 178 Å². The summed E-state index contributed by atoms with van der Waals surface area (Å²) < 4.78 is 21.6. The molecule has 0 bridgehead atoms. The fourth-order valence-electron chi connectivity index (χ4n) is 3.35. The highest BCUT2D eigenvalue weighted by Crippen LogP contribution is 2.20. The Hall–Kier alpha value is -1.97. The number of unbranched alkanes of at least 4 members (excludes halogenated alkanes) is 4. The van der Waals surface area contributed by atoms with E-state index in [4.69, 9.17) is 0 Å². The molecule has 1 unspecified atom stereocenters. The second-order valence-electron chi connectivity index (χ2n) is 7.44. The van der Waals surface area contributed by atoms with Crippen LogP contribution in [0.5, 0.6) is 0 Å². The maximum Gasteiger partial charge on any atom is 0.0327 e. The first-order valence-corrected chi connectivity index (χ1v) is 11.9. The van der Waals surface area contributed by atoms with E-state index >= 15 is 0 Å². The molecule has 3 aromatic rings. The minimum Gasteiger partial charge on any atom is -0.768 e. The number of benzene rings is 3. The Morgan fingerprint density at radius 1 is 0.690 bits per heavy atom. The number of hydrogen-bond acceptors (Lipinski definition) is 2. The molecular formula is C26H33O2S-. The van der Waals surface area contributed by atoms with E-state index in [1.54, 1.807) is 18.2 Å². The molecule has 0 fully saturated rings. The van der Waals surface area contributed by atoms with Crippen LogP contribution in [0.15, 0.2) is 71.6 Å². The quantitative estimate of drug-likeness (QED) is 0.276. The van der Waals surface area contributed by atoms with Gasteiger partial charge in [0.1, 0.15) is 0 Å². The van der Waals surface area contributed by atoms with Gasteiger partial charge in [0.25, 0.3) is 0 Å². The first kappa shape index (κ1) is 23.3. The van der Waals surface area contributed by atoms with E-state index in [0.29, 0.717) is 4.90 Å². The first-order chi connectivity index (χ1) is 14.2. The van der Waals surface area contributed by atoms with Crippen LogP contribution in [0.25, 0.3) is 10.8 Å². The minimum absolute atomic E-state index is 0.359. The molecule has 3 aromatic carbocycles. The normalized spacial score (nSPS) is 11.7. The first-order valence-electron chi connectivity index (χ1n) is 10.8. The van der Waals surface area contributed by atoms with E-state index in [9.17, 15) is 8.76 Å². The van der Waals surface area contributed by atoms with Crippen LogP contribution >= 0.6 is 0 Å². The zero-order chi connectivity index (χ0) is 20.9. The second-order valence-corrected chi connectivity index (χ2v) is 8.35. The van der Waals surface area contributed by atoms with E-state index in [1.165, 1.54) is 62.5 Å². The van der Waals surface area contributed by atoms with Gasteiger partial charge in [0.2, 0.25) is 0 Å². The lowest BCUT2D eigenvalue weighted by Gasteiger charge is -2.08. The van der Waals surface area contributed by atoms with Gasteiger partial charge in [-0.25, -0.2) is 0 Å². The molecule has 3 heteroatoms. The van der Waals surface area contributed by atoms with E-state index in [1.807, 2.05) is 24.3 Å². The van der Waals surface area contributed by atoms with Gasteiger partial charge in [-0.15, -0.1) is 0 Å². The molecule has 0 amide bonds. The van der Waals surface area contributed by atoms with Gasteiger partial charge in [0, 0.05) is 4.90 Å². The van der Waals surface area contributed by atoms with Gasteiger partial charge in [-0.3, -0.25) is 4.21 Å². The predicted molar refractivity (Wildman–Crippen MR) is 124 cm³/mol. The maximum absolute atomic E-state index is 10.8. The average molecular weight is 410 g/mol. The summed E-state index contributed by atoms with van der Waals surface area (Å²) in [5.74, 6) is 0. The summed E-state index contributed by atoms with van der Waals surface area (Å²) in [6.45, 7) is 4.52. The van der Waals surface area contributed by atoms with Crippen LogP contribution in [0, 0.1) is 0 Å². The van der Waals surface area contributed by atoms with Crippen LogP contribution in [0.2, 0.25) is 0 Å². The standard InChI is InChI=1S/C16H26.C10H8O2S/c1-3-5-7-8-10-16-13-11-15(12-14-16)9-6-4-2;11-13(12)10-7-3-5-8-4-1-2-6-9(8)10/h11-14H,3-10H2,1-2H3;1-7H,(H,11,12)/p-1. The highest BCUT2D eigenvalue weighted by molar-refractivity contribution is 7.79. The van der Waals surface area contributed by atoms with Gasteiger partial charge in [0.05, 0.1) is 0 Å². The molecular weight excluding hydrogens is 376 g/mol. The predicted octanol–water partition coefficient (Wildman–Crippen LogP) is 7.23. The van der Waals surface area contributed by atoms with Crippen molar-refractivity contribution in [2.45, 2.75) is 70.1 Å². The summed E-state index contributed by atoms with van der Waals surface area (Å²) in [4.78, 5) is 0.359. The van der Waals surface area contributed by atoms with E-state index in [2.05, 4.69) is 38.1 Å². The molecule has 0 saturated carbocycles. The third-order valence-electron chi connectivity index (χ3n) is 5.09. The molecule has 0 aromatic heterocycles. The van der Waals surface area contributed by atoms with Crippen LogP contribution in [0.4, 0.5) is 0 Å². The molecule has 156 valence electrons. The maximum atomic E-state index is 10.8. The lowest BCUT2D eigenvalue weighted by atomic mass is 10.0. The van der Waals surface area contributed by atoms with Crippen molar-refractivity contribution in [1.82, 2.24) is 0 Å². The summed E-state index contributed by atoms with van der Waals surface area (Å²) in [6.07, 6.45) is 10.6. The molecule has 29 heavy (non-hydrogen) atoms. The summed E-state index contributed by atoms with van der Waals surface area (Å²) in [7, 11) is 0. The Bertz CT molecular complexity index is 866. The van der Waals surface area contributed by atoms with Crippen LogP contribution in [0.3, 0.4) is 0 Å². The Morgan fingerprint density at radius 2 is 1.28 bits per heavy atom. The summed E-state index contributed by atoms with van der Waals surface area (Å²) >= 11 is -2.15. The van der Waals surface area contributed by atoms with Crippen LogP contribution < -0.4 is 0 Å². The third-order valence-corrected chi connectivity index (χ3v) is 5.81. The van der Waals surface area contributed by atoms with Crippen molar-refractivity contribution < 1.29 is 8.76 Å². The zero-order valence-electron chi connectivity index (χ0n) is 17.7. The van der Waals surface area contributed by atoms with Crippen molar-refractivity contribution in [3.63, 3.8) is 0 Å². The van der Waals surface area contributed by atoms with Crippen LogP contribution in [-0.4, -0.2) is 8.76 Å². The van der Waals surface area contributed by atoms with E-state index in [-0.39, 0.29) is 0 Å². The van der Waals surface area contributed by atoms with Crippen molar-refractivity contribution >= 4 is 21.9 Å². The highest BCUT2D eigenvalue weighted by Gasteiger charge is 1.98. The van der Waals surface area contributed by atoms with Crippen LogP contribution in [-0.2, 0) is 23.9 Å². The largest absolute Gasteiger partial charge is 0.768 e. The monoisotopic (exact) mass is 409 g/mol. The molecule has 0 N–H and O–H groups in total. The molecule has 0 saturated heterocycles.